The quantitative estimate of drug-likeness (QED) is 0.883. The first kappa shape index (κ1) is 12.1. The van der Waals surface area contributed by atoms with Gasteiger partial charge in [-0.25, -0.2) is 0 Å². The molecule has 0 saturated carbocycles. The van der Waals surface area contributed by atoms with E-state index >= 15 is 0 Å². The first-order valence-electron chi connectivity index (χ1n) is 6.03. The number of aromatic nitrogens is 1. The average Bonchev–Trinajstić information content (AvgIpc) is 2.42. The van der Waals surface area contributed by atoms with Gasteiger partial charge in [0.2, 0.25) is 0 Å². The second-order valence-corrected chi connectivity index (χ2v) is 4.10. The standard InChI is InChI=1S/C15H15N3/c1-2-3-12-4-6-14(7-5-12)18-15-11-17-9-8-13(15)10-16/h4-9,11,18H,2-3H2,1H3. The van der Waals surface area contributed by atoms with Gasteiger partial charge in [0.15, 0.2) is 0 Å². The molecule has 0 aliphatic heterocycles. The highest BCUT2D eigenvalue weighted by molar-refractivity contribution is 5.65. The number of nitrogens with one attached hydrogen (secondary N) is 1. The Hall–Kier alpha value is -2.34. The van der Waals surface area contributed by atoms with Crippen molar-refractivity contribution in [1.29, 1.82) is 5.26 Å². The van der Waals surface area contributed by atoms with E-state index in [0.29, 0.717) is 5.56 Å². The molecule has 1 N–H and O–H groups in total. The number of nitrogens with zero attached hydrogens (tertiary/aromatic N) is 2. The van der Waals surface area contributed by atoms with E-state index in [0.717, 1.165) is 24.2 Å². The van der Waals surface area contributed by atoms with Crippen molar-refractivity contribution >= 4 is 11.4 Å². The van der Waals surface area contributed by atoms with Crippen molar-refractivity contribution in [3.05, 3.63) is 53.9 Å². The van der Waals surface area contributed by atoms with Gasteiger partial charge in [0.05, 0.1) is 17.4 Å². The fourth-order valence-electron chi connectivity index (χ4n) is 1.79. The molecule has 3 heteroatoms. The summed E-state index contributed by atoms with van der Waals surface area (Å²) in [5.41, 5.74) is 3.64. The van der Waals surface area contributed by atoms with E-state index in [4.69, 9.17) is 5.26 Å². The van der Waals surface area contributed by atoms with Crippen LogP contribution in [-0.4, -0.2) is 4.98 Å². The fourth-order valence-corrected chi connectivity index (χ4v) is 1.79. The Kier molecular flexibility index (Phi) is 3.93. The van der Waals surface area contributed by atoms with E-state index in [9.17, 15) is 0 Å². The third kappa shape index (κ3) is 2.86. The number of hydrogen-bond acceptors (Lipinski definition) is 3. The van der Waals surface area contributed by atoms with Gasteiger partial charge in [0, 0.05) is 11.9 Å². The highest BCUT2D eigenvalue weighted by Gasteiger charge is 2.01. The summed E-state index contributed by atoms with van der Waals surface area (Å²) in [5.74, 6) is 0. The SMILES string of the molecule is CCCc1ccc(Nc2cnccc2C#N)cc1. The van der Waals surface area contributed by atoms with Crippen molar-refractivity contribution in [2.24, 2.45) is 0 Å². The van der Waals surface area contributed by atoms with E-state index < -0.39 is 0 Å². The van der Waals surface area contributed by atoms with E-state index in [1.165, 1.54) is 5.56 Å². The van der Waals surface area contributed by atoms with Gasteiger partial charge in [-0.05, 0) is 30.2 Å². The minimum atomic E-state index is 0.600. The molecule has 0 atom stereocenters. The molecule has 0 fully saturated rings. The zero-order valence-electron chi connectivity index (χ0n) is 10.4. The number of anilines is 2. The Morgan fingerprint density at radius 3 is 2.67 bits per heavy atom. The van der Waals surface area contributed by atoms with Crippen molar-refractivity contribution in [3.8, 4) is 6.07 Å². The van der Waals surface area contributed by atoms with Crippen LogP contribution in [0.3, 0.4) is 0 Å². The van der Waals surface area contributed by atoms with Gasteiger partial charge < -0.3 is 5.32 Å². The molecule has 3 nitrogen and oxygen atoms in total. The zero-order valence-corrected chi connectivity index (χ0v) is 10.4. The van der Waals surface area contributed by atoms with Crippen LogP contribution in [0, 0.1) is 11.3 Å². The second kappa shape index (κ2) is 5.83. The summed E-state index contributed by atoms with van der Waals surface area (Å²) < 4.78 is 0. The molecule has 2 rings (SSSR count). The maximum absolute atomic E-state index is 8.99. The molecule has 90 valence electrons. The van der Waals surface area contributed by atoms with Crippen molar-refractivity contribution in [2.45, 2.75) is 19.8 Å². The first-order chi connectivity index (χ1) is 8.83. The molecule has 0 unspecified atom stereocenters. The van der Waals surface area contributed by atoms with Gasteiger partial charge in [-0.15, -0.1) is 0 Å². The van der Waals surface area contributed by atoms with Gasteiger partial charge in [0.1, 0.15) is 6.07 Å². The number of rotatable bonds is 4. The summed E-state index contributed by atoms with van der Waals surface area (Å²) in [6.07, 6.45) is 5.52. The maximum atomic E-state index is 8.99. The largest absolute Gasteiger partial charge is 0.353 e. The topological polar surface area (TPSA) is 48.7 Å². The molecule has 0 aliphatic carbocycles. The molecule has 2 aromatic rings. The van der Waals surface area contributed by atoms with Crippen LogP contribution in [0.15, 0.2) is 42.7 Å². The summed E-state index contributed by atoms with van der Waals surface area (Å²) in [4.78, 5) is 4.02. The number of pyridine rings is 1. The van der Waals surface area contributed by atoms with Crippen LogP contribution < -0.4 is 5.32 Å². The van der Waals surface area contributed by atoms with Crippen LogP contribution in [0.5, 0.6) is 0 Å². The summed E-state index contributed by atoms with van der Waals surface area (Å²) in [6.45, 7) is 2.17. The van der Waals surface area contributed by atoms with E-state index in [-0.39, 0.29) is 0 Å². The molecule has 0 saturated heterocycles. The lowest BCUT2D eigenvalue weighted by atomic mass is 10.1. The number of nitriles is 1. The molecule has 1 aromatic heterocycles. The smallest absolute Gasteiger partial charge is 0.101 e. The number of aryl methyl sites for hydroxylation is 1. The molecule has 0 radical (unpaired) electrons. The minimum Gasteiger partial charge on any atom is -0.353 e. The van der Waals surface area contributed by atoms with Crippen LogP contribution in [0.2, 0.25) is 0 Å². The second-order valence-electron chi connectivity index (χ2n) is 4.10. The molecule has 1 heterocycles. The molecule has 0 spiro atoms. The molecule has 0 bridgehead atoms. The third-order valence-corrected chi connectivity index (χ3v) is 2.71. The highest BCUT2D eigenvalue weighted by atomic mass is 14.9. The summed E-state index contributed by atoms with van der Waals surface area (Å²) >= 11 is 0. The lowest BCUT2D eigenvalue weighted by Gasteiger charge is -2.08. The normalized spacial score (nSPS) is 9.78. The summed E-state index contributed by atoms with van der Waals surface area (Å²) in [6, 6.07) is 12.1. The molecular weight excluding hydrogens is 222 g/mol. The maximum Gasteiger partial charge on any atom is 0.101 e. The van der Waals surface area contributed by atoms with Crippen molar-refractivity contribution in [2.75, 3.05) is 5.32 Å². The molecular formula is C15H15N3. The monoisotopic (exact) mass is 237 g/mol. The molecule has 0 aliphatic rings. The van der Waals surface area contributed by atoms with Gasteiger partial charge >= 0.3 is 0 Å². The molecule has 0 amide bonds. The van der Waals surface area contributed by atoms with Gasteiger partial charge in [0.25, 0.3) is 0 Å². The zero-order chi connectivity index (χ0) is 12.8. The van der Waals surface area contributed by atoms with Gasteiger partial charge in [-0.1, -0.05) is 25.5 Å². The average molecular weight is 237 g/mol. The Bertz CT molecular complexity index is 553. The number of benzene rings is 1. The van der Waals surface area contributed by atoms with Crippen LogP contribution >= 0.6 is 0 Å². The summed E-state index contributed by atoms with van der Waals surface area (Å²) in [7, 11) is 0. The van der Waals surface area contributed by atoms with Crippen molar-refractivity contribution < 1.29 is 0 Å². The number of hydrogen-bond donors (Lipinski definition) is 1. The first-order valence-corrected chi connectivity index (χ1v) is 6.03. The van der Waals surface area contributed by atoms with E-state index in [1.54, 1.807) is 18.5 Å². The molecule has 1 aromatic carbocycles. The Morgan fingerprint density at radius 2 is 2.00 bits per heavy atom. The third-order valence-electron chi connectivity index (χ3n) is 2.71. The van der Waals surface area contributed by atoms with Crippen molar-refractivity contribution in [1.82, 2.24) is 4.98 Å². The van der Waals surface area contributed by atoms with Crippen LogP contribution in [-0.2, 0) is 6.42 Å². The lowest BCUT2D eigenvalue weighted by Crippen LogP contribution is -1.94. The van der Waals surface area contributed by atoms with Gasteiger partial charge in [-0.2, -0.15) is 5.26 Å². The predicted octanol–water partition coefficient (Wildman–Crippen LogP) is 3.65. The highest BCUT2D eigenvalue weighted by Crippen LogP contribution is 2.19. The fraction of sp³-hybridized carbons (Fsp3) is 0.200. The summed E-state index contributed by atoms with van der Waals surface area (Å²) in [5, 5.41) is 12.2. The van der Waals surface area contributed by atoms with Crippen molar-refractivity contribution in [3.63, 3.8) is 0 Å². The Morgan fingerprint density at radius 1 is 1.22 bits per heavy atom. The van der Waals surface area contributed by atoms with Crippen LogP contribution in [0.25, 0.3) is 0 Å². The van der Waals surface area contributed by atoms with E-state index in [2.05, 4.69) is 35.4 Å². The minimum absolute atomic E-state index is 0.600. The van der Waals surface area contributed by atoms with Crippen LogP contribution in [0.1, 0.15) is 24.5 Å². The van der Waals surface area contributed by atoms with Gasteiger partial charge in [-0.3, -0.25) is 4.98 Å². The Labute approximate surface area is 107 Å². The lowest BCUT2D eigenvalue weighted by molar-refractivity contribution is 0.922. The molecule has 18 heavy (non-hydrogen) atoms. The Balaban J connectivity index is 2.16. The predicted molar refractivity (Wildman–Crippen MR) is 72.7 cm³/mol. The van der Waals surface area contributed by atoms with Crippen LogP contribution in [0.4, 0.5) is 11.4 Å². The van der Waals surface area contributed by atoms with E-state index in [1.807, 2.05) is 12.1 Å².